The summed E-state index contributed by atoms with van der Waals surface area (Å²) in [6.45, 7) is 0.248. The Hall–Kier alpha value is -3.17. The molecule has 10 heteroatoms. The molecule has 0 aromatic carbocycles. The third kappa shape index (κ3) is 4.08. The van der Waals surface area contributed by atoms with Crippen molar-refractivity contribution in [3.8, 4) is 5.82 Å². The zero-order valence-electron chi connectivity index (χ0n) is 14.1. The molecule has 3 aromatic rings. The molecule has 3 aromatic heterocycles. The van der Waals surface area contributed by atoms with Gasteiger partial charge in [0.05, 0.1) is 0 Å². The van der Waals surface area contributed by atoms with E-state index in [1.54, 1.807) is 55.7 Å². The van der Waals surface area contributed by atoms with Crippen molar-refractivity contribution in [2.75, 3.05) is 24.3 Å². The van der Waals surface area contributed by atoms with Crippen LogP contribution in [0.15, 0.2) is 43.1 Å². The van der Waals surface area contributed by atoms with Crippen LogP contribution in [-0.2, 0) is 12.7 Å². The monoisotopic (exact) mass is 363 g/mol. The van der Waals surface area contributed by atoms with Crippen LogP contribution in [0.4, 0.5) is 24.9 Å². The average Bonchev–Trinajstić information content (AvgIpc) is 3.14. The van der Waals surface area contributed by atoms with Crippen LogP contribution in [0, 0.1) is 0 Å². The summed E-state index contributed by atoms with van der Waals surface area (Å²) in [6.07, 6.45) is 2.06. The Labute approximate surface area is 147 Å². The lowest BCUT2D eigenvalue weighted by atomic mass is 10.2. The summed E-state index contributed by atoms with van der Waals surface area (Å²) in [4.78, 5) is 17.4. The van der Waals surface area contributed by atoms with E-state index in [0.717, 1.165) is 11.6 Å². The maximum absolute atomic E-state index is 13.0. The second-order valence-corrected chi connectivity index (χ2v) is 5.67. The molecule has 0 unspecified atom stereocenters. The fourth-order valence-corrected chi connectivity index (χ4v) is 2.18. The summed E-state index contributed by atoms with van der Waals surface area (Å²) in [7, 11) is 3.24. The number of anilines is 2. The first-order valence-electron chi connectivity index (χ1n) is 7.63. The number of nitrogens with one attached hydrogen (secondary N) is 1. The molecule has 0 spiro atoms. The number of pyridine rings is 1. The van der Waals surface area contributed by atoms with Gasteiger partial charge in [-0.3, -0.25) is 4.57 Å². The third-order valence-corrected chi connectivity index (χ3v) is 3.49. The van der Waals surface area contributed by atoms with Crippen molar-refractivity contribution in [3.05, 3.63) is 54.4 Å². The quantitative estimate of drug-likeness (QED) is 0.752. The number of imidazole rings is 1. The summed E-state index contributed by atoms with van der Waals surface area (Å²) in [5.74, 6) is 0.730. The van der Waals surface area contributed by atoms with Gasteiger partial charge in [-0.25, -0.2) is 15.0 Å². The standard InChI is InChI=1S/C16H16F3N7/c1-25(2)14-8-12(16(17,18)19)23-15(24-14)22-9-11-3-4-21-13(7-11)26-6-5-20-10-26/h3-8,10H,9H2,1-2H3,(H,22,23,24). The topological polar surface area (TPSA) is 71.8 Å². The van der Waals surface area contributed by atoms with Gasteiger partial charge in [0.1, 0.15) is 18.0 Å². The zero-order chi connectivity index (χ0) is 18.7. The van der Waals surface area contributed by atoms with Gasteiger partial charge in [-0.2, -0.15) is 18.2 Å². The molecule has 26 heavy (non-hydrogen) atoms. The second kappa shape index (κ2) is 6.98. The molecule has 0 radical (unpaired) electrons. The smallest absolute Gasteiger partial charge is 0.363 e. The maximum Gasteiger partial charge on any atom is 0.433 e. The molecule has 0 amide bonds. The van der Waals surface area contributed by atoms with Crippen LogP contribution in [0.2, 0.25) is 0 Å². The highest BCUT2D eigenvalue weighted by atomic mass is 19.4. The molecule has 0 atom stereocenters. The van der Waals surface area contributed by atoms with Gasteiger partial charge in [0, 0.05) is 45.3 Å². The SMILES string of the molecule is CN(C)c1cc(C(F)(F)F)nc(NCc2ccnc(-n3ccnc3)c2)n1. The number of alkyl halides is 3. The van der Waals surface area contributed by atoms with Gasteiger partial charge in [-0.05, 0) is 17.7 Å². The predicted octanol–water partition coefficient (Wildman–Crippen LogP) is 2.75. The summed E-state index contributed by atoms with van der Waals surface area (Å²) < 4.78 is 40.8. The zero-order valence-corrected chi connectivity index (χ0v) is 14.1. The van der Waals surface area contributed by atoms with Gasteiger partial charge in [0.15, 0.2) is 5.69 Å². The Morgan fingerprint density at radius 2 is 1.96 bits per heavy atom. The van der Waals surface area contributed by atoms with Crippen LogP contribution in [0.5, 0.6) is 0 Å². The molecule has 3 rings (SSSR count). The van der Waals surface area contributed by atoms with Crippen LogP contribution in [0.25, 0.3) is 5.82 Å². The predicted molar refractivity (Wildman–Crippen MR) is 90.0 cm³/mol. The molecule has 0 aliphatic heterocycles. The van der Waals surface area contributed by atoms with E-state index >= 15 is 0 Å². The van der Waals surface area contributed by atoms with Gasteiger partial charge < -0.3 is 10.2 Å². The lowest BCUT2D eigenvalue weighted by molar-refractivity contribution is -0.141. The van der Waals surface area contributed by atoms with E-state index in [1.165, 1.54) is 4.90 Å². The van der Waals surface area contributed by atoms with Crippen molar-refractivity contribution < 1.29 is 13.2 Å². The van der Waals surface area contributed by atoms with E-state index in [-0.39, 0.29) is 18.3 Å². The van der Waals surface area contributed by atoms with Gasteiger partial charge >= 0.3 is 6.18 Å². The second-order valence-electron chi connectivity index (χ2n) is 5.67. The first kappa shape index (κ1) is 17.6. The van der Waals surface area contributed by atoms with Crippen LogP contribution < -0.4 is 10.2 Å². The molecule has 1 N–H and O–H groups in total. The molecule has 0 saturated carbocycles. The fourth-order valence-electron chi connectivity index (χ4n) is 2.18. The molecule has 0 saturated heterocycles. The molecule has 0 fully saturated rings. The number of hydrogen-bond donors (Lipinski definition) is 1. The normalized spacial score (nSPS) is 11.4. The highest BCUT2D eigenvalue weighted by Gasteiger charge is 2.34. The third-order valence-electron chi connectivity index (χ3n) is 3.49. The number of rotatable bonds is 5. The minimum Gasteiger partial charge on any atom is -0.363 e. The van der Waals surface area contributed by atoms with Gasteiger partial charge in [-0.15, -0.1) is 0 Å². The Morgan fingerprint density at radius 3 is 2.62 bits per heavy atom. The molecule has 3 heterocycles. The van der Waals surface area contributed by atoms with Crippen molar-refractivity contribution in [3.63, 3.8) is 0 Å². The van der Waals surface area contributed by atoms with Crippen molar-refractivity contribution in [2.45, 2.75) is 12.7 Å². The Kier molecular flexibility index (Phi) is 4.74. The number of hydrogen-bond acceptors (Lipinski definition) is 6. The highest BCUT2D eigenvalue weighted by molar-refractivity contribution is 5.44. The van der Waals surface area contributed by atoms with Gasteiger partial charge in [-0.1, -0.05) is 0 Å². The van der Waals surface area contributed by atoms with Gasteiger partial charge in [0.25, 0.3) is 0 Å². The number of nitrogens with zero attached hydrogens (tertiary/aromatic N) is 6. The van der Waals surface area contributed by atoms with E-state index in [2.05, 4.69) is 25.3 Å². The summed E-state index contributed by atoms with van der Waals surface area (Å²) in [6, 6.07) is 4.47. The van der Waals surface area contributed by atoms with Crippen molar-refractivity contribution in [2.24, 2.45) is 0 Å². The summed E-state index contributed by atoms with van der Waals surface area (Å²) >= 11 is 0. The molecule has 0 aliphatic carbocycles. The maximum atomic E-state index is 13.0. The highest BCUT2D eigenvalue weighted by Crippen LogP contribution is 2.30. The van der Waals surface area contributed by atoms with Crippen molar-refractivity contribution in [1.82, 2.24) is 24.5 Å². The van der Waals surface area contributed by atoms with Crippen LogP contribution in [0.3, 0.4) is 0 Å². The van der Waals surface area contributed by atoms with E-state index in [9.17, 15) is 13.2 Å². The van der Waals surface area contributed by atoms with Crippen molar-refractivity contribution >= 4 is 11.8 Å². The van der Waals surface area contributed by atoms with Crippen molar-refractivity contribution in [1.29, 1.82) is 0 Å². The Morgan fingerprint density at radius 1 is 1.15 bits per heavy atom. The number of halogens is 3. The van der Waals surface area contributed by atoms with Crippen LogP contribution in [0.1, 0.15) is 11.3 Å². The largest absolute Gasteiger partial charge is 0.433 e. The molecule has 7 nitrogen and oxygen atoms in total. The Bertz CT molecular complexity index is 876. The average molecular weight is 363 g/mol. The number of aromatic nitrogens is 5. The molecule has 0 aliphatic rings. The summed E-state index contributed by atoms with van der Waals surface area (Å²) in [5, 5.41) is 2.84. The molecule has 136 valence electrons. The van der Waals surface area contributed by atoms with E-state index in [4.69, 9.17) is 0 Å². The van der Waals surface area contributed by atoms with E-state index in [0.29, 0.717) is 5.82 Å². The molecular formula is C16H16F3N7. The van der Waals surface area contributed by atoms with Crippen LogP contribution in [-0.4, -0.2) is 38.6 Å². The lowest BCUT2D eigenvalue weighted by Crippen LogP contribution is -2.17. The fraction of sp³-hybridized carbons (Fsp3) is 0.250. The summed E-state index contributed by atoms with van der Waals surface area (Å²) in [5.41, 5.74) is -0.177. The van der Waals surface area contributed by atoms with Crippen LogP contribution >= 0.6 is 0 Å². The molecule has 0 bridgehead atoms. The van der Waals surface area contributed by atoms with Gasteiger partial charge in [0.2, 0.25) is 5.95 Å². The van der Waals surface area contributed by atoms with E-state index in [1.807, 2.05) is 0 Å². The first-order valence-corrected chi connectivity index (χ1v) is 7.63. The molecular weight excluding hydrogens is 347 g/mol. The Balaban J connectivity index is 1.81. The lowest BCUT2D eigenvalue weighted by Gasteiger charge is -2.16. The minimum atomic E-state index is -4.55. The first-order chi connectivity index (χ1) is 12.3. The minimum absolute atomic E-state index is 0.0930. The van der Waals surface area contributed by atoms with E-state index < -0.39 is 11.9 Å².